The summed E-state index contributed by atoms with van der Waals surface area (Å²) in [5, 5.41) is 0. The Morgan fingerprint density at radius 2 is 1.90 bits per heavy atom. The monoisotopic (exact) mass is 296 g/mol. The molecule has 4 nitrogen and oxygen atoms in total. The number of nitrogens with zero attached hydrogens (tertiary/aromatic N) is 1. The van der Waals surface area contributed by atoms with Gasteiger partial charge in [-0.05, 0) is 43.9 Å². The maximum absolute atomic E-state index is 12.8. The maximum atomic E-state index is 12.8. The Balaban J connectivity index is 2.31. The van der Waals surface area contributed by atoms with Crippen LogP contribution in [0.25, 0.3) is 0 Å². The summed E-state index contributed by atoms with van der Waals surface area (Å²) in [7, 11) is -1.74. The molecular formula is C15H24N2O2S. The third kappa shape index (κ3) is 2.90. The van der Waals surface area contributed by atoms with Crippen molar-refractivity contribution in [3.63, 3.8) is 0 Å². The second-order valence-electron chi connectivity index (χ2n) is 5.63. The van der Waals surface area contributed by atoms with Crippen LogP contribution in [0.15, 0.2) is 29.2 Å². The van der Waals surface area contributed by atoms with E-state index in [4.69, 9.17) is 5.73 Å². The van der Waals surface area contributed by atoms with E-state index in [0.29, 0.717) is 11.4 Å². The van der Waals surface area contributed by atoms with Gasteiger partial charge in [-0.2, -0.15) is 4.31 Å². The molecule has 0 saturated heterocycles. The number of sulfonamides is 1. The van der Waals surface area contributed by atoms with Gasteiger partial charge in [0.15, 0.2) is 0 Å². The van der Waals surface area contributed by atoms with Crippen molar-refractivity contribution < 1.29 is 8.42 Å². The minimum Gasteiger partial charge on any atom is -0.330 e. The van der Waals surface area contributed by atoms with Crippen LogP contribution in [0.4, 0.5) is 0 Å². The number of nitrogens with two attached hydrogens (primary N) is 1. The Morgan fingerprint density at radius 3 is 2.55 bits per heavy atom. The van der Waals surface area contributed by atoms with Gasteiger partial charge in [-0.25, -0.2) is 8.42 Å². The molecule has 5 heteroatoms. The fourth-order valence-corrected chi connectivity index (χ4v) is 4.79. The van der Waals surface area contributed by atoms with E-state index in [1.165, 1.54) is 0 Å². The molecule has 2 atom stereocenters. The average Bonchev–Trinajstić information content (AvgIpc) is 2.46. The zero-order valence-electron chi connectivity index (χ0n) is 12.2. The molecule has 2 unspecified atom stereocenters. The largest absolute Gasteiger partial charge is 0.330 e. The Labute approximate surface area is 122 Å². The lowest BCUT2D eigenvalue weighted by Gasteiger charge is -2.36. The van der Waals surface area contributed by atoms with E-state index in [9.17, 15) is 8.42 Å². The normalized spacial score (nSPS) is 24.0. The minimum atomic E-state index is -3.43. The van der Waals surface area contributed by atoms with E-state index in [-0.39, 0.29) is 12.0 Å². The molecule has 2 N–H and O–H groups in total. The molecule has 0 spiro atoms. The lowest BCUT2D eigenvalue weighted by atomic mass is 9.85. The molecule has 1 aromatic carbocycles. The summed E-state index contributed by atoms with van der Waals surface area (Å²) >= 11 is 0. The fourth-order valence-electron chi connectivity index (χ4n) is 3.12. The van der Waals surface area contributed by atoms with Crippen molar-refractivity contribution in [3.05, 3.63) is 29.8 Å². The van der Waals surface area contributed by atoms with Crippen LogP contribution in [0.2, 0.25) is 0 Å². The van der Waals surface area contributed by atoms with E-state index in [1.54, 1.807) is 23.5 Å². The van der Waals surface area contributed by atoms with E-state index in [2.05, 4.69) is 0 Å². The van der Waals surface area contributed by atoms with Crippen molar-refractivity contribution in [2.75, 3.05) is 13.6 Å². The van der Waals surface area contributed by atoms with E-state index < -0.39 is 10.0 Å². The highest BCUT2D eigenvalue weighted by Crippen LogP contribution is 2.31. The van der Waals surface area contributed by atoms with Crippen LogP contribution in [0.3, 0.4) is 0 Å². The first-order valence-electron chi connectivity index (χ1n) is 7.22. The zero-order chi connectivity index (χ0) is 14.8. The number of aryl methyl sites for hydroxylation is 1. The standard InChI is InChI=1S/C15H24N2O2S/c1-12-7-3-6-10-15(12)20(18,19)17(2)14-9-5-4-8-13(14)11-16/h3,6-7,10,13-14H,4-5,8-9,11,16H2,1-2H3. The Morgan fingerprint density at radius 1 is 1.25 bits per heavy atom. The molecule has 20 heavy (non-hydrogen) atoms. The zero-order valence-corrected chi connectivity index (χ0v) is 13.1. The highest BCUT2D eigenvalue weighted by atomic mass is 32.2. The van der Waals surface area contributed by atoms with Gasteiger partial charge in [-0.1, -0.05) is 31.0 Å². The SMILES string of the molecule is Cc1ccccc1S(=O)(=O)N(C)C1CCCCC1CN. The molecule has 0 radical (unpaired) electrons. The number of rotatable bonds is 4. The molecule has 1 saturated carbocycles. The molecule has 0 heterocycles. The molecule has 0 aliphatic heterocycles. The molecule has 0 amide bonds. The lowest BCUT2D eigenvalue weighted by Crippen LogP contribution is -2.45. The molecule has 0 bridgehead atoms. The summed E-state index contributed by atoms with van der Waals surface area (Å²) in [6.45, 7) is 2.39. The lowest BCUT2D eigenvalue weighted by molar-refractivity contribution is 0.204. The number of hydrogen-bond donors (Lipinski definition) is 1. The van der Waals surface area contributed by atoms with Gasteiger partial charge in [0.2, 0.25) is 10.0 Å². The second-order valence-corrected chi connectivity index (χ2v) is 7.60. The first-order valence-corrected chi connectivity index (χ1v) is 8.66. The van der Waals surface area contributed by atoms with Gasteiger partial charge in [0.1, 0.15) is 0 Å². The second kappa shape index (κ2) is 6.24. The summed E-state index contributed by atoms with van der Waals surface area (Å²) in [5.41, 5.74) is 6.61. The van der Waals surface area contributed by atoms with Crippen LogP contribution in [-0.2, 0) is 10.0 Å². The maximum Gasteiger partial charge on any atom is 0.243 e. The van der Waals surface area contributed by atoms with Crippen LogP contribution in [0, 0.1) is 12.8 Å². The Kier molecular flexibility index (Phi) is 4.83. The summed E-state index contributed by atoms with van der Waals surface area (Å²) in [4.78, 5) is 0.406. The summed E-state index contributed by atoms with van der Waals surface area (Å²) in [6, 6.07) is 7.18. The van der Waals surface area contributed by atoms with Gasteiger partial charge >= 0.3 is 0 Å². The predicted octanol–water partition coefficient (Wildman–Crippen LogP) is 2.13. The van der Waals surface area contributed by atoms with E-state index in [0.717, 1.165) is 31.2 Å². The van der Waals surface area contributed by atoms with Crippen LogP contribution in [0.5, 0.6) is 0 Å². The molecule has 1 aromatic rings. The van der Waals surface area contributed by atoms with Crippen molar-refractivity contribution in [1.82, 2.24) is 4.31 Å². The van der Waals surface area contributed by atoms with Crippen molar-refractivity contribution in [3.8, 4) is 0 Å². The average molecular weight is 296 g/mol. The predicted molar refractivity (Wildman–Crippen MR) is 80.9 cm³/mol. The molecule has 112 valence electrons. The summed E-state index contributed by atoms with van der Waals surface area (Å²) < 4.78 is 27.1. The van der Waals surface area contributed by atoms with Crippen molar-refractivity contribution in [2.24, 2.45) is 11.7 Å². The quantitative estimate of drug-likeness (QED) is 0.926. The van der Waals surface area contributed by atoms with Gasteiger partial charge in [0, 0.05) is 13.1 Å². The highest BCUT2D eigenvalue weighted by molar-refractivity contribution is 7.89. The minimum absolute atomic E-state index is 0.0263. The molecule has 1 aliphatic rings. The highest BCUT2D eigenvalue weighted by Gasteiger charge is 2.34. The molecule has 1 aliphatic carbocycles. The molecular weight excluding hydrogens is 272 g/mol. The van der Waals surface area contributed by atoms with Gasteiger partial charge in [0.25, 0.3) is 0 Å². The Bertz CT molecular complexity index is 557. The van der Waals surface area contributed by atoms with Gasteiger partial charge < -0.3 is 5.73 Å². The van der Waals surface area contributed by atoms with Gasteiger partial charge in [0.05, 0.1) is 4.90 Å². The van der Waals surface area contributed by atoms with Crippen LogP contribution >= 0.6 is 0 Å². The van der Waals surface area contributed by atoms with E-state index in [1.807, 2.05) is 19.1 Å². The number of benzene rings is 1. The van der Waals surface area contributed by atoms with Crippen LogP contribution < -0.4 is 5.73 Å². The molecule has 0 aromatic heterocycles. The summed E-state index contributed by atoms with van der Waals surface area (Å²) in [6.07, 6.45) is 4.16. The first-order chi connectivity index (χ1) is 9.48. The van der Waals surface area contributed by atoms with Crippen molar-refractivity contribution >= 4 is 10.0 Å². The fraction of sp³-hybridized carbons (Fsp3) is 0.600. The van der Waals surface area contributed by atoms with Crippen molar-refractivity contribution in [1.29, 1.82) is 0 Å². The smallest absolute Gasteiger partial charge is 0.243 e. The third-order valence-corrected chi connectivity index (χ3v) is 6.43. The van der Waals surface area contributed by atoms with Crippen molar-refractivity contribution in [2.45, 2.75) is 43.5 Å². The molecule has 1 fully saturated rings. The number of hydrogen-bond acceptors (Lipinski definition) is 3. The van der Waals surface area contributed by atoms with E-state index >= 15 is 0 Å². The first kappa shape index (κ1) is 15.5. The Hall–Kier alpha value is -0.910. The topological polar surface area (TPSA) is 63.4 Å². The van der Waals surface area contributed by atoms with Gasteiger partial charge in [-0.15, -0.1) is 0 Å². The van der Waals surface area contributed by atoms with Crippen LogP contribution in [0.1, 0.15) is 31.2 Å². The molecule has 2 rings (SSSR count). The third-order valence-electron chi connectivity index (χ3n) is 4.39. The van der Waals surface area contributed by atoms with Crippen LogP contribution in [-0.4, -0.2) is 32.4 Å². The van der Waals surface area contributed by atoms with Gasteiger partial charge in [-0.3, -0.25) is 0 Å². The summed E-state index contributed by atoms with van der Waals surface area (Å²) in [5.74, 6) is 0.271.